The molecule has 0 spiro atoms. The quantitative estimate of drug-likeness (QED) is 0.871. The minimum atomic E-state index is -1.27. The van der Waals surface area contributed by atoms with E-state index in [0.717, 1.165) is 18.2 Å². The monoisotopic (exact) mass is 257 g/mol. The molecule has 100 valence electrons. The van der Waals surface area contributed by atoms with Gasteiger partial charge in [-0.3, -0.25) is 4.79 Å². The largest absolute Gasteiger partial charge is 0.386 e. The number of halogens is 2. The number of carbonyl (C=O) groups is 1. The highest BCUT2D eigenvalue weighted by atomic mass is 19.1. The van der Waals surface area contributed by atoms with Crippen LogP contribution in [0.4, 0.5) is 8.78 Å². The summed E-state index contributed by atoms with van der Waals surface area (Å²) in [7, 11) is 0. The molecule has 0 saturated carbocycles. The summed E-state index contributed by atoms with van der Waals surface area (Å²) in [5.74, 6) is -1.60. The van der Waals surface area contributed by atoms with E-state index in [0.29, 0.717) is 0 Å². The SMILES string of the molecule is CC(C)(C)C(=O)NCC(O)c1cc(F)ccc1F. The van der Waals surface area contributed by atoms with Crippen molar-refractivity contribution in [2.75, 3.05) is 6.54 Å². The van der Waals surface area contributed by atoms with Crippen molar-refractivity contribution in [1.82, 2.24) is 5.32 Å². The number of benzene rings is 1. The van der Waals surface area contributed by atoms with Gasteiger partial charge in [0.15, 0.2) is 0 Å². The Morgan fingerprint density at radius 3 is 2.56 bits per heavy atom. The zero-order valence-corrected chi connectivity index (χ0v) is 10.6. The van der Waals surface area contributed by atoms with Gasteiger partial charge in [-0.2, -0.15) is 0 Å². The minimum Gasteiger partial charge on any atom is -0.386 e. The highest BCUT2D eigenvalue weighted by molar-refractivity contribution is 5.81. The highest BCUT2D eigenvalue weighted by Crippen LogP contribution is 2.18. The van der Waals surface area contributed by atoms with Gasteiger partial charge in [0.05, 0.1) is 6.10 Å². The summed E-state index contributed by atoms with van der Waals surface area (Å²) < 4.78 is 26.3. The fourth-order valence-corrected chi connectivity index (χ4v) is 1.33. The molecule has 1 amide bonds. The van der Waals surface area contributed by atoms with Gasteiger partial charge in [0, 0.05) is 17.5 Å². The van der Waals surface area contributed by atoms with Crippen molar-refractivity contribution in [1.29, 1.82) is 0 Å². The topological polar surface area (TPSA) is 49.3 Å². The van der Waals surface area contributed by atoms with Crippen LogP contribution in [-0.4, -0.2) is 17.6 Å². The maximum absolute atomic E-state index is 13.3. The fraction of sp³-hybridized carbons (Fsp3) is 0.462. The molecule has 18 heavy (non-hydrogen) atoms. The lowest BCUT2D eigenvalue weighted by molar-refractivity contribution is -0.129. The molecule has 3 nitrogen and oxygen atoms in total. The van der Waals surface area contributed by atoms with E-state index < -0.39 is 23.2 Å². The molecule has 0 aliphatic rings. The summed E-state index contributed by atoms with van der Waals surface area (Å²) in [5, 5.41) is 12.2. The van der Waals surface area contributed by atoms with Crippen LogP contribution in [0.1, 0.15) is 32.4 Å². The average molecular weight is 257 g/mol. The Kier molecular flexibility index (Phi) is 4.40. The molecule has 1 unspecified atom stereocenters. The van der Waals surface area contributed by atoms with Crippen LogP contribution in [0.2, 0.25) is 0 Å². The molecule has 0 aromatic heterocycles. The predicted molar refractivity (Wildman–Crippen MR) is 63.8 cm³/mol. The summed E-state index contributed by atoms with van der Waals surface area (Å²) in [4.78, 5) is 11.6. The number of hydrogen-bond acceptors (Lipinski definition) is 2. The summed E-state index contributed by atoms with van der Waals surface area (Å²) in [5.41, 5.74) is -0.760. The number of nitrogens with one attached hydrogen (secondary N) is 1. The molecule has 0 aliphatic carbocycles. The van der Waals surface area contributed by atoms with Crippen molar-refractivity contribution in [3.8, 4) is 0 Å². The zero-order valence-electron chi connectivity index (χ0n) is 10.6. The number of aliphatic hydroxyl groups excluding tert-OH is 1. The molecule has 5 heteroatoms. The smallest absolute Gasteiger partial charge is 0.225 e. The summed E-state index contributed by atoms with van der Waals surface area (Å²) in [6.07, 6.45) is -1.27. The molecule has 0 radical (unpaired) electrons. The van der Waals surface area contributed by atoms with Gasteiger partial charge >= 0.3 is 0 Å². The first-order chi connectivity index (χ1) is 8.21. The molecule has 1 atom stereocenters. The lowest BCUT2D eigenvalue weighted by atomic mass is 9.95. The van der Waals surface area contributed by atoms with Crippen LogP contribution < -0.4 is 5.32 Å². The second kappa shape index (κ2) is 5.44. The van der Waals surface area contributed by atoms with E-state index in [2.05, 4.69) is 5.32 Å². The van der Waals surface area contributed by atoms with Crippen LogP contribution in [0.3, 0.4) is 0 Å². The van der Waals surface area contributed by atoms with Gasteiger partial charge in [0.1, 0.15) is 11.6 Å². The molecule has 1 rings (SSSR count). The van der Waals surface area contributed by atoms with Gasteiger partial charge in [-0.1, -0.05) is 20.8 Å². The molecule has 1 aromatic carbocycles. The zero-order chi connectivity index (χ0) is 13.9. The van der Waals surface area contributed by atoms with Crippen LogP contribution in [-0.2, 0) is 4.79 Å². The van der Waals surface area contributed by atoms with Crippen LogP contribution in [0.5, 0.6) is 0 Å². The van der Waals surface area contributed by atoms with Gasteiger partial charge in [0.2, 0.25) is 5.91 Å². The number of amides is 1. The van der Waals surface area contributed by atoms with E-state index in [1.54, 1.807) is 20.8 Å². The second-order valence-corrected chi connectivity index (χ2v) is 5.14. The van der Waals surface area contributed by atoms with E-state index in [1.807, 2.05) is 0 Å². The fourth-order valence-electron chi connectivity index (χ4n) is 1.33. The van der Waals surface area contributed by atoms with Crippen molar-refractivity contribution in [2.24, 2.45) is 5.41 Å². The molecule has 0 aliphatic heterocycles. The van der Waals surface area contributed by atoms with Crippen molar-refractivity contribution in [3.63, 3.8) is 0 Å². The Morgan fingerprint density at radius 1 is 1.39 bits per heavy atom. The lowest BCUT2D eigenvalue weighted by Gasteiger charge is -2.19. The number of hydrogen-bond donors (Lipinski definition) is 2. The normalized spacial score (nSPS) is 13.2. The number of aliphatic hydroxyl groups is 1. The molecule has 1 aromatic rings. The molecular weight excluding hydrogens is 240 g/mol. The predicted octanol–water partition coefficient (Wildman–Crippen LogP) is 2.16. The van der Waals surface area contributed by atoms with E-state index >= 15 is 0 Å². The van der Waals surface area contributed by atoms with Gasteiger partial charge < -0.3 is 10.4 Å². The third kappa shape index (κ3) is 3.77. The van der Waals surface area contributed by atoms with Crippen LogP contribution in [0.25, 0.3) is 0 Å². The minimum absolute atomic E-state index is 0.156. The Morgan fingerprint density at radius 2 is 2.00 bits per heavy atom. The van der Waals surface area contributed by atoms with Gasteiger partial charge in [-0.25, -0.2) is 8.78 Å². The molecule has 2 N–H and O–H groups in total. The third-order valence-electron chi connectivity index (χ3n) is 2.45. The second-order valence-electron chi connectivity index (χ2n) is 5.14. The van der Waals surface area contributed by atoms with E-state index in [-0.39, 0.29) is 18.0 Å². The summed E-state index contributed by atoms with van der Waals surface area (Å²) in [6, 6.07) is 2.84. The number of carbonyl (C=O) groups excluding carboxylic acids is 1. The molecule has 0 bridgehead atoms. The third-order valence-corrected chi connectivity index (χ3v) is 2.45. The molecule has 0 saturated heterocycles. The molecule has 0 heterocycles. The van der Waals surface area contributed by atoms with Crippen LogP contribution in [0.15, 0.2) is 18.2 Å². The van der Waals surface area contributed by atoms with E-state index in [9.17, 15) is 18.7 Å². The maximum Gasteiger partial charge on any atom is 0.225 e. The summed E-state index contributed by atoms with van der Waals surface area (Å²) in [6.45, 7) is 5.00. The Labute approximate surface area is 105 Å². The highest BCUT2D eigenvalue weighted by Gasteiger charge is 2.22. The first-order valence-electron chi connectivity index (χ1n) is 5.63. The first kappa shape index (κ1) is 14.6. The van der Waals surface area contributed by atoms with Crippen molar-refractivity contribution >= 4 is 5.91 Å². The lowest BCUT2D eigenvalue weighted by Crippen LogP contribution is -2.37. The Bertz CT molecular complexity index is 441. The van der Waals surface area contributed by atoms with Crippen molar-refractivity contribution in [3.05, 3.63) is 35.4 Å². The van der Waals surface area contributed by atoms with Crippen LogP contribution >= 0.6 is 0 Å². The van der Waals surface area contributed by atoms with E-state index in [1.165, 1.54) is 0 Å². The molecule has 0 fully saturated rings. The van der Waals surface area contributed by atoms with Gasteiger partial charge in [-0.05, 0) is 18.2 Å². The molecular formula is C13H17F2NO2. The Balaban J connectivity index is 2.69. The summed E-state index contributed by atoms with van der Waals surface area (Å²) >= 11 is 0. The van der Waals surface area contributed by atoms with Gasteiger partial charge in [0.25, 0.3) is 0 Å². The van der Waals surface area contributed by atoms with Gasteiger partial charge in [-0.15, -0.1) is 0 Å². The van der Waals surface area contributed by atoms with E-state index in [4.69, 9.17) is 0 Å². The average Bonchev–Trinajstić information content (AvgIpc) is 2.27. The standard InChI is InChI=1S/C13H17F2NO2/c1-13(2,3)12(18)16-7-11(17)9-6-8(14)4-5-10(9)15/h4-6,11,17H,7H2,1-3H3,(H,16,18). The number of rotatable bonds is 3. The Hall–Kier alpha value is -1.49. The van der Waals surface area contributed by atoms with Crippen molar-refractivity contribution in [2.45, 2.75) is 26.9 Å². The van der Waals surface area contributed by atoms with Crippen LogP contribution in [0, 0.1) is 17.0 Å². The van der Waals surface area contributed by atoms with Crippen molar-refractivity contribution < 1.29 is 18.7 Å². The first-order valence-corrected chi connectivity index (χ1v) is 5.63. The maximum atomic E-state index is 13.3.